The van der Waals surface area contributed by atoms with Crippen molar-refractivity contribution < 1.29 is 9.53 Å². The van der Waals surface area contributed by atoms with E-state index in [1.807, 2.05) is 42.8 Å². The van der Waals surface area contributed by atoms with Crippen molar-refractivity contribution in [3.8, 4) is 0 Å². The fraction of sp³-hybridized carbons (Fsp3) is 0.250. The highest BCUT2D eigenvalue weighted by Crippen LogP contribution is 2.28. The van der Waals surface area contributed by atoms with Crippen molar-refractivity contribution >= 4 is 28.6 Å². The number of para-hydroxylation sites is 1. The number of ether oxygens (including phenoxy) is 1. The maximum Gasteiger partial charge on any atom is 0.340 e. The summed E-state index contributed by atoms with van der Waals surface area (Å²) >= 11 is 1.49. The summed E-state index contributed by atoms with van der Waals surface area (Å²) in [4.78, 5) is 16.9. The first-order valence-electron chi connectivity index (χ1n) is 7.05. The van der Waals surface area contributed by atoms with E-state index in [0.717, 1.165) is 21.6 Å². The number of carbonyl (C=O) groups excluding carboxylic acids is 1. The van der Waals surface area contributed by atoms with Gasteiger partial charge in [0.1, 0.15) is 6.33 Å². The van der Waals surface area contributed by atoms with E-state index in [9.17, 15) is 4.79 Å². The number of pyridine rings is 1. The highest BCUT2D eigenvalue weighted by Gasteiger charge is 2.19. The molecular weight excluding hydrogens is 312 g/mol. The summed E-state index contributed by atoms with van der Waals surface area (Å²) in [5.74, 6) is 0.150. The second kappa shape index (κ2) is 6.37. The summed E-state index contributed by atoms with van der Waals surface area (Å²) in [6.07, 6.45) is 1.64. The molecule has 0 saturated heterocycles. The van der Waals surface area contributed by atoms with Gasteiger partial charge in [0, 0.05) is 18.2 Å². The number of carbonyl (C=O) groups is 1. The quantitative estimate of drug-likeness (QED) is 0.542. The number of aryl methyl sites for hydroxylation is 2. The fourth-order valence-corrected chi connectivity index (χ4v) is 3.28. The summed E-state index contributed by atoms with van der Waals surface area (Å²) in [5.41, 5.74) is 2.98. The number of esters is 1. The zero-order valence-corrected chi connectivity index (χ0v) is 13.9. The minimum atomic E-state index is -0.366. The van der Waals surface area contributed by atoms with Gasteiger partial charge in [0.2, 0.25) is 0 Å². The fourth-order valence-electron chi connectivity index (χ4n) is 2.45. The average Bonchev–Trinajstić information content (AvgIpc) is 2.97. The topological polar surface area (TPSA) is 69.9 Å². The van der Waals surface area contributed by atoms with Gasteiger partial charge in [-0.3, -0.25) is 4.98 Å². The van der Waals surface area contributed by atoms with E-state index in [4.69, 9.17) is 4.74 Å². The molecule has 7 heteroatoms. The molecule has 118 valence electrons. The van der Waals surface area contributed by atoms with E-state index in [1.165, 1.54) is 18.9 Å². The number of nitrogens with zero attached hydrogens (tertiary/aromatic N) is 4. The molecule has 0 spiro atoms. The molecule has 23 heavy (non-hydrogen) atoms. The van der Waals surface area contributed by atoms with Crippen molar-refractivity contribution in [3.63, 3.8) is 0 Å². The lowest BCUT2D eigenvalue weighted by Crippen LogP contribution is -2.10. The number of benzene rings is 1. The second-order valence-corrected chi connectivity index (χ2v) is 6.02. The Labute approximate surface area is 137 Å². The Morgan fingerprint density at radius 2 is 2.13 bits per heavy atom. The molecule has 2 aromatic heterocycles. The maximum atomic E-state index is 12.2. The van der Waals surface area contributed by atoms with Crippen molar-refractivity contribution in [1.29, 1.82) is 0 Å². The highest BCUT2D eigenvalue weighted by atomic mass is 32.2. The van der Waals surface area contributed by atoms with Crippen molar-refractivity contribution in [2.75, 3.05) is 7.11 Å². The Bertz CT molecular complexity index is 876. The van der Waals surface area contributed by atoms with Crippen molar-refractivity contribution in [1.82, 2.24) is 19.7 Å². The first-order valence-corrected chi connectivity index (χ1v) is 8.03. The molecule has 1 aromatic carbocycles. The van der Waals surface area contributed by atoms with Gasteiger partial charge in [-0.2, -0.15) is 0 Å². The lowest BCUT2D eigenvalue weighted by atomic mass is 10.0. The lowest BCUT2D eigenvalue weighted by molar-refractivity contribution is 0.0598. The molecule has 0 saturated carbocycles. The number of hydrogen-bond acceptors (Lipinski definition) is 6. The number of rotatable bonds is 4. The monoisotopic (exact) mass is 328 g/mol. The van der Waals surface area contributed by atoms with E-state index >= 15 is 0 Å². The first kappa shape index (κ1) is 15.5. The summed E-state index contributed by atoms with van der Waals surface area (Å²) in [5, 5.41) is 9.63. The Balaban J connectivity index is 2.06. The maximum absolute atomic E-state index is 12.2. The van der Waals surface area contributed by atoms with E-state index in [0.29, 0.717) is 17.0 Å². The summed E-state index contributed by atoms with van der Waals surface area (Å²) in [6, 6.07) is 7.78. The number of fused-ring (bicyclic) bond motifs is 1. The first-order chi connectivity index (χ1) is 11.1. The van der Waals surface area contributed by atoms with Gasteiger partial charge in [0.25, 0.3) is 0 Å². The van der Waals surface area contributed by atoms with Gasteiger partial charge in [-0.1, -0.05) is 30.0 Å². The molecule has 0 aliphatic rings. The van der Waals surface area contributed by atoms with Crippen LogP contribution in [-0.4, -0.2) is 32.8 Å². The minimum Gasteiger partial charge on any atom is -0.465 e. The second-order valence-electron chi connectivity index (χ2n) is 5.08. The smallest absolute Gasteiger partial charge is 0.340 e. The molecule has 0 unspecified atom stereocenters. The molecule has 3 aromatic rings. The van der Waals surface area contributed by atoms with Gasteiger partial charge < -0.3 is 9.30 Å². The standard InChI is InChI=1S/C16H16N4O2S/c1-10-11-6-4-5-7-12(11)18-13(14(10)15(21)22-3)8-23-16-19-17-9-20(16)2/h4-7,9H,8H2,1-3H3. The van der Waals surface area contributed by atoms with Crippen LogP contribution < -0.4 is 0 Å². The molecule has 0 fully saturated rings. The van der Waals surface area contributed by atoms with Crippen LogP contribution in [0.15, 0.2) is 35.7 Å². The van der Waals surface area contributed by atoms with Crippen LogP contribution >= 0.6 is 11.8 Å². The summed E-state index contributed by atoms with van der Waals surface area (Å²) < 4.78 is 6.78. The zero-order valence-electron chi connectivity index (χ0n) is 13.1. The van der Waals surface area contributed by atoms with E-state index < -0.39 is 0 Å². The molecule has 0 atom stereocenters. The molecule has 0 bridgehead atoms. The Morgan fingerprint density at radius 3 is 2.83 bits per heavy atom. The predicted octanol–water partition coefficient (Wildman–Crippen LogP) is 2.75. The van der Waals surface area contributed by atoms with Gasteiger partial charge in [0.05, 0.1) is 23.9 Å². The lowest BCUT2D eigenvalue weighted by Gasteiger charge is -2.12. The van der Waals surface area contributed by atoms with Crippen molar-refractivity contribution in [2.24, 2.45) is 7.05 Å². The third-order valence-corrected chi connectivity index (χ3v) is 4.67. The molecule has 0 N–H and O–H groups in total. The minimum absolute atomic E-state index is 0.366. The zero-order chi connectivity index (χ0) is 16.4. The SMILES string of the molecule is COC(=O)c1c(CSc2nncn2C)nc2ccccc2c1C. The number of thioether (sulfide) groups is 1. The predicted molar refractivity (Wildman–Crippen MR) is 88.4 cm³/mol. The molecule has 0 aliphatic carbocycles. The Morgan fingerprint density at radius 1 is 1.35 bits per heavy atom. The van der Waals surface area contributed by atoms with Gasteiger partial charge >= 0.3 is 5.97 Å². The molecule has 0 amide bonds. The normalized spacial score (nSPS) is 10.9. The van der Waals surface area contributed by atoms with Crippen LogP contribution in [0, 0.1) is 6.92 Å². The molecule has 0 radical (unpaired) electrons. The van der Waals surface area contributed by atoms with Crippen LogP contribution in [-0.2, 0) is 17.5 Å². The van der Waals surface area contributed by atoms with E-state index in [2.05, 4.69) is 15.2 Å². The van der Waals surface area contributed by atoms with E-state index in [-0.39, 0.29) is 5.97 Å². The molecule has 0 aliphatic heterocycles. The molecule has 6 nitrogen and oxygen atoms in total. The van der Waals surface area contributed by atoms with Gasteiger partial charge in [-0.25, -0.2) is 4.79 Å². The van der Waals surface area contributed by atoms with Crippen molar-refractivity contribution in [2.45, 2.75) is 17.8 Å². The number of methoxy groups -OCH3 is 1. The van der Waals surface area contributed by atoms with E-state index in [1.54, 1.807) is 6.33 Å². The van der Waals surface area contributed by atoms with Crippen LogP contribution in [0.2, 0.25) is 0 Å². The largest absolute Gasteiger partial charge is 0.465 e. The molecular formula is C16H16N4O2S. The third kappa shape index (κ3) is 2.92. The molecule has 3 rings (SSSR count). The van der Waals surface area contributed by atoms with Gasteiger partial charge in [0.15, 0.2) is 5.16 Å². The number of aromatic nitrogens is 4. The van der Waals surface area contributed by atoms with Crippen LogP contribution in [0.4, 0.5) is 0 Å². The van der Waals surface area contributed by atoms with Gasteiger partial charge in [-0.05, 0) is 18.6 Å². The third-order valence-electron chi connectivity index (χ3n) is 3.62. The van der Waals surface area contributed by atoms with Crippen LogP contribution in [0.3, 0.4) is 0 Å². The Kier molecular flexibility index (Phi) is 4.29. The summed E-state index contributed by atoms with van der Waals surface area (Å²) in [6.45, 7) is 1.92. The van der Waals surface area contributed by atoms with Crippen molar-refractivity contribution in [3.05, 3.63) is 47.4 Å². The average molecular weight is 328 g/mol. The van der Waals surface area contributed by atoms with Crippen LogP contribution in [0.5, 0.6) is 0 Å². The highest BCUT2D eigenvalue weighted by molar-refractivity contribution is 7.98. The van der Waals surface area contributed by atoms with Crippen LogP contribution in [0.25, 0.3) is 10.9 Å². The van der Waals surface area contributed by atoms with Crippen LogP contribution in [0.1, 0.15) is 21.6 Å². The molecule has 2 heterocycles. The Hall–Kier alpha value is -2.41. The van der Waals surface area contributed by atoms with Gasteiger partial charge in [-0.15, -0.1) is 10.2 Å². The summed E-state index contributed by atoms with van der Waals surface area (Å²) in [7, 11) is 3.26. The number of hydrogen-bond donors (Lipinski definition) is 0.